The molecular formula is C9H17NO2S. The number of rotatable bonds is 2. The predicted molar refractivity (Wildman–Crippen MR) is 52.1 cm³/mol. The minimum atomic E-state index is -2.72. The molecule has 2 atom stereocenters. The van der Waals surface area contributed by atoms with Gasteiger partial charge < -0.3 is 5.73 Å². The van der Waals surface area contributed by atoms with Crippen LogP contribution >= 0.6 is 0 Å². The van der Waals surface area contributed by atoms with Crippen LogP contribution in [-0.2, 0) is 9.84 Å². The second kappa shape index (κ2) is 3.24. The second-order valence-electron chi connectivity index (χ2n) is 4.33. The number of fused-ring (bicyclic) bond motifs is 2. The molecule has 2 unspecified atom stereocenters. The summed E-state index contributed by atoms with van der Waals surface area (Å²) in [4.78, 5) is 0. The molecule has 2 rings (SSSR count). The maximum atomic E-state index is 11.7. The molecule has 2 N–H and O–H groups in total. The van der Waals surface area contributed by atoms with Gasteiger partial charge in [-0.15, -0.1) is 0 Å². The van der Waals surface area contributed by atoms with Crippen LogP contribution in [0.2, 0.25) is 0 Å². The summed E-state index contributed by atoms with van der Waals surface area (Å²) in [6.07, 6.45) is 4.54. The van der Waals surface area contributed by atoms with E-state index in [1.165, 1.54) is 0 Å². The first-order chi connectivity index (χ1) is 6.14. The average Bonchev–Trinajstić information content (AvgIpc) is 2.29. The fourth-order valence-corrected chi connectivity index (χ4v) is 5.34. The average molecular weight is 203 g/mol. The van der Waals surface area contributed by atoms with E-state index in [4.69, 9.17) is 5.73 Å². The van der Waals surface area contributed by atoms with Gasteiger partial charge in [0.05, 0.1) is 10.5 Å². The Morgan fingerprint density at radius 2 is 1.69 bits per heavy atom. The highest BCUT2D eigenvalue weighted by Gasteiger charge is 2.46. The van der Waals surface area contributed by atoms with Gasteiger partial charge in [0.25, 0.3) is 0 Å². The Kier molecular flexibility index (Phi) is 2.36. The van der Waals surface area contributed by atoms with E-state index in [0.717, 1.165) is 32.1 Å². The van der Waals surface area contributed by atoms with Gasteiger partial charge >= 0.3 is 0 Å². The maximum Gasteiger partial charge on any atom is 0.156 e. The fraction of sp³-hybridized carbons (Fsp3) is 1.00. The molecule has 0 aromatic carbocycles. The summed E-state index contributed by atoms with van der Waals surface area (Å²) < 4.78 is 23.4. The summed E-state index contributed by atoms with van der Waals surface area (Å²) in [5.41, 5.74) is 5.49. The molecule has 4 heteroatoms. The molecule has 0 aromatic heterocycles. The highest BCUT2D eigenvalue weighted by Crippen LogP contribution is 2.41. The predicted octanol–water partition coefficient (Wildman–Crippen LogP) is 0.691. The standard InChI is InChI=1S/C9H17NO2S/c10-4-3-7-5-8-1-2-9(6-7)13(8,11)12/h7-9H,1-6,10H2. The van der Waals surface area contributed by atoms with Gasteiger partial charge in [-0.3, -0.25) is 0 Å². The van der Waals surface area contributed by atoms with Gasteiger partial charge in [-0.05, 0) is 44.6 Å². The molecule has 2 saturated heterocycles. The van der Waals surface area contributed by atoms with E-state index < -0.39 is 9.84 Å². The van der Waals surface area contributed by atoms with Gasteiger partial charge in [0, 0.05) is 0 Å². The van der Waals surface area contributed by atoms with Crippen LogP contribution in [-0.4, -0.2) is 25.5 Å². The maximum absolute atomic E-state index is 11.7. The molecule has 2 aliphatic heterocycles. The smallest absolute Gasteiger partial charge is 0.156 e. The summed E-state index contributed by atoms with van der Waals surface area (Å²) in [7, 11) is -2.72. The van der Waals surface area contributed by atoms with Crippen LogP contribution < -0.4 is 5.73 Å². The first-order valence-electron chi connectivity index (χ1n) is 5.07. The number of nitrogens with two attached hydrogens (primary N) is 1. The van der Waals surface area contributed by atoms with E-state index in [1.54, 1.807) is 0 Å². The van der Waals surface area contributed by atoms with Gasteiger partial charge in [0.15, 0.2) is 9.84 Å². The van der Waals surface area contributed by atoms with E-state index in [2.05, 4.69) is 0 Å². The lowest BCUT2D eigenvalue weighted by Crippen LogP contribution is -2.33. The zero-order valence-corrected chi connectivity index (χ0v) is 8.59. The van der Waals surface area contributed by atoms with Crippen molar-refractivity contribution in [3.8, 4) is 0 Å². The van der Waals surface area contributed by atoms with Gasteiger partial charge in [0.1, 0.15) is 0 Å². The molecule has 0 saturated carbocycles. The molecule has 13 heavy (non-hydrogen) atoms. The van der Waals surface area contributed by atoms with E-state index in [9.17, 15) is 8.42 Å². The van der Waals surface area contributed by atoms with Crippen molar-refractivity contribution in [3.63, 3.8) is 0 Å². The topological polar surface area (TPSA) is 60.2 Å². The minimum Gasteiger partial charge on any atom is -0.330 e. The largest absolute Gasteiger partial charge is 0.330 e. The Morgan fingerprint density at radius 3 is 2.15 bits per heavy atom. The van der Waals surface area contributed by atoms with Crippen molar-refractivity contribution in [2.45, 2.75) is 42.6 Å². The van der Waals surface area contributed by atoms with Crippen LogP contribution in [0.5, 0.6) is 0 Å². The van der Waals surface area contributed by atoms with E-state index in [1.807, 2.05) is 0 Å². The Hall–Kier alpha value is -0.0900. The summed E-state index contributed by atoms with van der Waals surface area (Å²) in [6, 6.07) is 0. The van der Waals surface area contributed by atoms with Crippen molar-refractivity contribution < 1.29 is 8.42 Å². The molecule has 0 amide bonds. The molecule has 0 aromatic rings. The van der Waals surface area contributed by atoms with E-state index >= 15 is 0 Å². The summed E-state index contributed by atoms with van der Waals surface area (Å²) in [5.74, 6) is 0.575. The summed E-state index contributed by atoms with van der Waals surface area (Å²) in [5, 5.41) is -0.0504. The third-order valence-corrected chi connectivity index (χ3v) is 6.22. The SMILES string of the molecule is NCCC1CC2CCC(C1)S2(=O)=O. The molecule has 0 spiro atoms. The van der Waals surface area contributed by atoms with Crippen LogP contribution in [0, 0.1) is 5.92 Å². The zero-order valence-electron chi connectivity index (χ0n) is 7.78. The molecule has 2 bridgehead atoms. The molecule has 0 radical (unpaired) electrons. The first-order valence-corrected chi connectivity index (χ1v) is 6.68. The first kappa shape index (κ1) is 9.46. The Morgan fingerprint density at radius 1 is 1.15 bits per heavy atom. The lowest BCUT2D eigenvalue weighted by atomic mass is 9.96. The highest BCUT2D eigenvalue weighted by molar-refractivity contribution is 7.93. The normalized spacial score (nSPS) is 42.1. The number of hydrogen-bond acceptors (Lipinski definition) is 3. The number of sulfone groups is 1. The summed E-state index contributed by atoms with van der Waals surface area (Å²) >= 11 is 0. The lowest BCUT2D eigenvalue weighted by molar-refractivity contribution is 0.406. The van der Waals surface area contributed by atoms with Crippen molar-refractivity contribution in [3.05, 3.63) is 0 Å². The van der Waals surface area contributed by atoms with Crippen molar-refractivity contribution >= 4 is 9.84 Å². The molecule has 0 aliphatic carbocycles. The summed E-state index contributed by atoms with van der Waals surface area (Å²) in [6.45, 7) is 0.699. The minimum absolute atomic E-state index is 0.0252. The van der Waals surface area contributed by atoms with Gasteiger partial charge in [-0.1, -0.05) is 0 Å². The van der Waals surface area contributed by atoms with Gasteiger partial charge in [0.2, 0.25) is 0 Å². The van der Waals surface area contributed by atoms with Crippen LogP contribution in [0.15, 0.2) is 0 Å². The quantitative estimate of drug-likeness (QED) is 0.718. The van der Waals surface area contributed by atoms with E-state index in [0.29, 0.717) is 12.5 Å². The fourth-order valence-electron chi connectivity index (χ4n) is 2.79. The van der Waals surface area contributed by atoms with Crippen molar-refractivity contribution in [2.75, 3.05) is 6.54 Å². The Bertz CT molecular complexity index is 266. The lowest BCUT2D eigenvalue weighted by Gasteiger charge is -2.27. The molecule has 2 fully saturated rings. The van der Waals surface area contributed by atoms with Crippen molar-refractivity contribution in [1.29, 1.82) is 0 Å². The van der Waals surface area contributed by atoms with Gasteiger partial charge in [-0.25, -0.2) is 8.42 Å². The van der Waals surface area contributed by atoms with Crippen molar-refractivity contribution in [1.82, 2.24) is 0 Å². The van der Waals surface area contributed by atoms with Gasteiger partial charge in [-0.2, -0.15) is 0 Å². The molecule has 2 heterocycles. The third kappa shape index (κ3) is 1.50. The Balaban J connectivity index is 2.11. The van der Waals surface area contributed by atoms with Crippen LogP contribution in [0.1, 0.15) is 32.1 Å². The van der Waals surface area contributed by atoms with Crippen molar-refractivity contribution in [2.24, 2.45) is 11.7 Å². The molecule has 76 valence electrons. The zero-order chi connectivity index (χ0) is 9.47. The second-order valence-corrected chi connectivity index (χ2v) is 6.84. The third-order valence-electron chi connectivity index (χ3n) is 3.51. The monoisotopic (exact) mass is 203 g/mol. The Labute approximate surface area is 79.6 Å². The molecule has 2 aliphatic rings. The highest BCUT2D eigenvalue weighted by atomic mass is 32.2. The van der Waals surface area contributed by atoms with Crippen LogP contribution in [0.3, 0.4) is 0 Å². The number of hydrogen-bond donors (Lipinski definition) is 1. The molecular weight excluding hydrogens is 186 g/mol. The van der Waals surface area contributed by atoms with E-state index in [-0.39, 0.29) is 10.5 Å². The molecule has 3 nitrogen and oxygen atoms in total. The van der Waals surface area contributed by atoms with Crippen LogP contribution in [0.25, 0.3) is 0 Å². The van der Waals surface area contributed by atoms with Crippen LogP contribution in [0.4, 0.5) is 0 Å².